The number of piperidine rings is 1. The van der Waals surface area contributed by atoms with Crippen molar-refractivity contribution in [3.05, 3.63) is 23.8 Å². The lowest BCUT2D eigenvalue weighted by atomic mass is 9.94. The number of amides is 2. The van der Waals surface area contributed by atoms with Gasteiger partial charge in [0.15, 0.2) is 11.5 Å². The zero-order valence-corrected chi connectivity index (χ0v) is 18.3. The number of fused-ring (bicyclic) bond motifs is 1. The largest absolute Gasteiger partial charge is 0.493 e. The first-order valence-corrected chi connectivity index (χ1v) is 10.6. The SMILES string of the molecule is COc1cc(/C=C/C(=O)N2CCC(C(=O)NC(C)C(C)C)CC2)cc2c1OCCO2. The van der Waals surface area contributed by atoms with E-state index < -0.39 is 0 Å². The number of carbonyl (C=O) groups is 2. The Bertz CT molecular complexity index is 780. The zero-order chi connectivity index (χ0) is 21.7. The molecule has 0 aliphatic carbocycles. The molecule has 0 aromatic heterocycles. The summed E-state index contributed by atoms with van der Waals surface area (Å²) in [6, 6.07) is 3.82. The van der Waals surface area contributed by atoms with Crippen molar-refractivity contribution in [2.45, 2.75) is 39.7 Å². The average Bonchev–Trinajstić information content (AvgIpc) is 2.76. The maximum atomic E-state index is 12.6. The Balaban J connectivity index is 1.56. The third-order valence-electron chi connectivity index (χ3n) is 5.82. The lowest BCUT2D eigenvalue weighted by Crippen LogP contribution is -2.45. The van der Waals surface area contributed by atoms with Crippen LogP contribution >= 0.6 is 0 Å². The number of rotatable bonds is 6. The van der Waals surface area contributed by atoms with Gasteiger partial charge < -0.3 is 24.4 Å². The van der Waals surface area contributed by atoms with Crippen molar-refractivity contribution in [1.82, 2.24) is 10.2 Å². The van der Waals surface area contributed by atoms with E-state index in [1.165, 1.54) is 0 Å². The normalized spacial score (nSPS) is 17.8. The van der Waals surface area contributed by atoms with Crippen LogP contribution in [0.15, 0.2) is 18.2 Å². The fourth-order valence-electron chi connectivity index (χ4n) is 3.53. The van der Waals surface area contributed by atoms with Crippen molar-refractivity contribution >= 4 is 17.9 Å². The molecule has 7 nitrogen and oxygen atoms in total. The van der Waals surface area contributed by atoms with E-state index in [1.54, 1.807) is 24.2 Å². The number of ether oxygens (including phenoxy) is 3. The Morgan fingerprint density at radius 1 is 1.17 bits per heavy atom. The summed E-state index contributed by atoms with van der Waals surface area (Å²) < 4.78 is 16.6. The monoisotopic (exact) mass is 416 g/mol. The van der Waals surface area contributed by atoms with Crippen LogP contribution in [0.4, 0.5) is 0 Å². The molecule has 0 radical (unpaired) electrons. The first-order valence-electron chi connectivity index (χ1n) is 10.6. The van der Waals surface area contributed by atoms with Crippen LogP contribution in [0.1, 0.15) is 39.2 Å². The molecular weight excluding hydrogens is 384 g/mol. The predicted octanol–water partition coefficient (Wildman–Crippen LogP) is 2.88. The van der Waals surface area contributed by atoms with Gasteiger partial charge in [0, 0.05) is 31.1 Å². The molecule has 1 N–H and O–H groups in total. The topological polar surface area (TPSA) is 77.1 Å². The minimum atomic E-state index is -0.0572. The lowest BCUT2D eigenvalue weighted by Gasteiger charge is -2.31. The van der Waals surface area contributed by atoms with E-state index in [4.69, 9.17) is 14.2 Å². The fraction of sp³-hybridized carbons (Fsp3) is 0.565. The van der Waals surface area contributed by atoms with E-state index in [-0.39, 0.29) is 23.8 Å². The highest BCUT2D eigenvalue weighted by atomic mass is 16.6. The van der Waals surface area contributed by atoms with Gasteiger partial charge in [-0.1, -0.05) is 13.8 Å². The molecule has 2 aliphatic heterocycles. The summed E-state index contributed by atoms with van der Waals surface area (Å²) in [6.07, 6.45) is 4.69. The van der Waals surface area contributed by atoms with E-state index in [2.05, 4.69) is 19.2 Å². The van der Waals surface area contributed by atoms with Crippen LogP contribution in [0.5, 0.6) is 17.2 Å². The molecule has 2 amide bonds. The third-order valence-corrected chi connectivity index (χ3v) is 5.82. The van der Waals surface area contributed by atoms with Crippen molar-refractivity contribution in [1.29, 1.82) is 0 Å². The molecule has 2 heterocycles. The number of likely N-dealkylation sites (tertiary alicyclic amines) is 1. The van der Waals surface area contributed by atoms with Gasteiger partial charge in [0.25, 0.3) is 0 Å². The summed E-state index contributed by atoms with van der Waals surface area (Å²) in [6.45, 7) is 8.36. The second kappa shape index (κ2) is 9.87. The number of nitrogens with zero attached hydrogens (tertiary/aromatic N) is 1. The molecule has 7 heteroatoms. The summed E-state index contributed by atoms with van der Waals surface area (Å²) in [7, 11) is 1.58. The number of nitrogens with one attached hydrogen (secondary N) is 1. The highest BCUT2D eigenvalue weighted by Gasteiger charge is 2.27. The van der Waals surface area contributed by atoms with Crippen LogP contribution in [-0.4, -0.2) is 56.2 Å². The summed E-state index contributed by atoms with van der Waals surface area (Å²) >= 11 is 0. The smallest absolute Gasteiger partial charge is 0.246 e. The Kier molecular flexibility index (Phi) is 7.24. The Morgan fingerprint density at radius 2 is 1.87 bits per heavy atom. The van der Waals surface area contributed by atoms with Gasteiger partial charge in [0.1, 0.15) is 13.2 Å². The maximum Gasteiger partial charge on any atom is 0.246 e. The van der Waals surface area contributed by atoms with Crippen molar-refractivity contribution in [3.8, 4) is 17.2 Å². The van der Waals surface area contributed by atoms with Crippen LogP contribution in [-0.2, 0) is 9.59 Å². The number of hydrogen-bond acceptors (Lipinski definition) is 5. The van der Waals surface area contributed by atoms with E-state index in [0.717, 1.165) is 5.56 Å². The molecule has 0 saturated carbocycles. The van der Waals surface area contributed by atoms with Gasteiger partial charge in [0.2, 0.25) is 17.6 Å². The highest BCUT2D eigenvalue weighted by molar-refractivity contribution is 5.92. The lowest BCUT2D eigenvalue weighted by molar-refractivity contribution is -0.132. The van der Waals surface area contributed by atoms with Crippen molar-refractivity contribution in [2.24, 2.45) is 11.8 Å². The summed E-state index contributed by atoms with van der Waals surface area (Å²) in [5, 5.41) is 3.09. The van der Waals surface area contributed by atoms with Crippen LogP contribution in [0.25, 0.3) is 6.08 Å². The van der Waals surface area contributed by atoms with Crippen molar-refractivity contribution in [2.75, 3.05) is 33.4 Å². The first kappa shape index (κ1) is 22.0. The molecule has 0 bridgehead atoms. The van der Waals surface area contributed by atoms with E-state index in [1.807, 2.05) is 19.1 Å². The molecule has 0 spiro atoms. The molecule has 1 aromatic carbocycles. The fourth-order valence-corrected chi connectivity index (χ4v) is 3.53. The minimum Gasteiger partial charge on any atom is -0.493 e. The van der Waals surface area contributed by atoms with E-state index in [0.29, 0.717) is 62.3 Å². The molecule has 1 aromatic rings. The molecule has 1 saturated heterocycles. The van der Waals surface area contributed by atoms with Crippen LogP contribution < -0.4 is 19.5 Å². The second-order valence-corrected chi connectivity index (χ2v) is 8.22. The Hall–Kier alpha value is -2.70. The molecule has 1 unspecified atom stereocenters. The van der Waals surface area contributed by atoms with Gasteiger partial charge in [-0.3, -0.25) is 9.59 Å². The molecular formula is C23H32N2O5. The number of hydrogen-bond donors (Lipinski definition) is 1. The van der Waals surface area contributed by atoms with Gasteiger partial charge in [-0.2, -0.15) is 0 Å². The predicted molar refractivity (Wildman–Crippen MR) is 115 cm³/mol. The highest BCUT2D eigenvalue weighted by Crippen LogP contribution is 2.40. The van der Waals surface area contributed by atoms with Gasteiger partial charge in [-0.15, -0.1) is 0 Å². The zero-order valence-electron chi connectivity index (χ0n) is 18.3. The second-order valence-electron chi connectivity index (χ2n) is 8.22. The molecule has 30 heavy (non-hydrogen) atoms. The molecule has 1 fully saturated rings. The summed E-state index contributed by atoms with van der Waals surface area (Å²) in [5.74, 6) is 2.22. The molecule has 164 valence electrons. The van der Waals surface area contributed by atoms with Gasteiger partial charge >= 0.3 is 0 Å². The average molecular weight is 417 g/mol. The van der Waals surface area contributed by atoms with Crippen LogP contribution in [0.3, 0.4) is 0 Å². The summed E-state index contributed by atoms with van der Waals surface area (Å²) in [5.41, 5.74) is 0.807. The Morgan fingerprint density at radius 3 is 2.53 bits per heavy atom. The summed E-state index contributed by atoms with van der Waals surface area (Å²) in [4.78, 5) is 26.8. The van der Waals surface area contributed by atoms with Gasteiger partial charge in [-0.05, 0) is 49.5 Å². The maximum absolute atomic E-state index is 12.6. The minimum absolute atomic E-state index is 0.0266. The van der Waals surface area contributed by atoms with Gasteiger partial charge in [0.05, 0.1) is 7.11 Å². The number of methoxy groups -OCH3 is 1. The number of benzene rings is 1. The Labute approximate surface area is 178 Å². The third kappa shape index (κ3) is 5.26. The molecule has 2 aliphatic rings. The standard InChI is InChI=1S/C23H32N2O5/c1-15(2)16(3)24-23(27)18-7-9-25(10-8-18)21(26)6-5-17-13-19(28-4)22-20(14-17)29-11-12-30-22/h5-6,13-16,18H,7-12H2,1-4H3,(H,24,27)/b6-5+. The molecule has 3 rings (SSSR count). The quantitative estimate of drug-likeness (QED) is 0.722. The van der Waals surface area contributed by atoms with Crippen molar-refractivity contribution in [3.63, 3.8) is 0 Å². The van der Waals surface area contributed by atoms with E-state index >= 15 is 0 Å². The molecule has 1 atom stereocenters. The van der Waals surface area contributed by atoms with Crippen LogP contribution in [0.2, 0.25) is 0 Å². The van der Waals surface area contributed by atoms with E-state index in [9.17, 15) is 9.59 Å². The number of carbonyl (C=O) groups excluding carboxylic acids is 2. The van der Waals surface area contributed by atoms with Crippen molar-refractivity contribution < 1.29 is 23.8 Å². The van der Waals surface area contributed by atoms with Crippen LogP contribution in [0, 0.1) is 11.8 Å². The first-order chi connectivity index (χ1) is 14.4. The van der Waals surface area contributed by atoms with Gasteiger partial charge in [-0.25, -0.2) is 0 Å².